The zero-order chi connectivity index (χ0) is 20.2. The van der Waals surface area contributed by atoms with Gasteiger partial charge in [0, 0.05) is 0 Å². The van der Waals surface area contributed by atoms with Crippen LogP contribution in [0.15, 0.2) is 9.67 Å². The van der Waals surface area contributed by atoms with Crippen molar-refractivity contribution < 1.29 is 14.6 Å². The first kappa shape index (κ1) is 26.0. The van der Waals surface area contributed by atoms with Crippen LogP contribution in [0, 0.1) is 5.41 Å². The third-order valence-electron chi connectivity index (χ3n) is 5.53. The summed E-state index contributed by atoms with van der Waals surface area (Å²) in [7, 11) is 0. The van der Waals surface area contributed by atoms with Crippen LogP contribution < -0.4 is 0 Å². The minimum absolute atomic E-state index is 0.309. The van der Waals surface area contributed by atoms with E-state index in [0.717, 1.165) is 5.57 Å². The van der Waals surface area contributed by atoms with Crippen LogP contribution in [0.3, 0.4) is 0 Å². The molecule has 1 atom stereocenters. The Morgan fingerprint density at radius 3 is 1.77 bits per heavy atom. The quantitative estimate of drug-likeness (QED) is 0.238. The van der Waals surface area contributed by atoms with E-state index in [2.05, 4.69) is 24.9 Å². The molecule has 0 aromatic rings. The van der Waals surface area contributed by atoms with E-state index >= 15 is 0 Å². The molecule has 0 saturated carbocycles. The molecule has 4 heteroatoms. The monoisotopic (exact) mass is 476 g/mol. The van der Waals surface area contributed by atoms with Gasteiger partial charge in [-0.3, -0.25) is 0 Å². The third-order valence-corrected chi connectivity index (χ3v) is 20.1. The molecule has 0 aliphatic rings. The predicted molar refractivity (Wildman–Crippen MR) is 115 cm³/mol. The maximum atomic E-state index is 12.3. The Morgan fingerprint density at radius 1 is 1.00 bits per heavy atom. The van der Waals surface area contributed by atoms with Gasteiger partial charge in [-0.1, -0.05) is 0 Å². The molecule has 154 valence electrons. The molecular formula is C22H44O3Sn. The first-order valence-electron chi connectivity index (χ1n) is 10.7. The van der Waals surface area contributed by atoms with Crippen molar-refractivity contribution >= 4 is 24.3 Å². The Kier molecular flexibility index (Phi) is 13.2. The molecule has 0 saturated heterocycles. The molecule has 0 bridgehead atoms. The van der Waals surface area contributed by atoms with Crippen molar-refractivity contribution in [1.82, 2.24) is 0 Å². The molecule has 0 aromatic heterocycles. The van der Waals surface area contributed by atoms with Crippen LogP contribution in [0.5, 0.6) is 0 Å². The first-order valence-corrected chi connectivity index (χ1v) is 18.5. The van der Waals surface area contributed by atoms with Crippen LogP contribution in [0.2, 0.25) is 13.3 Å². The van der Waals surface area contributed by atoms with Crippen molar-refractivity contribution in [3.05, 3.63) is 9.67 Å². The van der Waals surface area contributed by atoms with Crippen molar-refractivity contribution in [2.75, 3.05) is 6.61 Å². The standard InChI is InChI=1S/C10H17O3.3C4H9.Sn/c1-6-13-9(12)10(4,5)8(11)7(2)3;3*1-3-4-2;/h2,8,11H,6H2,1,3-5H3;3*1,3-4H2,2H3;. The number of carbonyl (C=O) groups is 1. The van der Waals surface area contributed by atoms with E-state index in [-0.39, 0.29) is 5.97 Å². The van der Waals surface area contributed by atoms with E-state index in [0.29, 0.717) is 6.61 Å². The molecule has 0 aromatic carbocycles. The molecule has 0 amide bonds. The number of rotatable bonds is 14. The SMILES string of the molecule is CCC[CH2][Sn](/[CH]=C(\C)C(O)C(C)(C)C(=O)OCC)([CH2]CCC)[CH2]CCC. The number of hydrogen-bond donors (Lipinski definition) is 1. The van der Waals surface area contributed by atoms with Crippen molar-refractivity contribution in [3.8, 4) is 0 Å². The summed E-state index contributed by atoms with van der Waals surface area (Å²) in [6, 6.07) is 0. The van der Waals surface area contributed by atoms with E-state index in [4.69, 9.17) is 4.74 Å². The van der Waals surface area contributed by atoms with Crippen molar-refractivity contribution in [3.63, 3.8) is 0 Å². The number of unbranched alkanes of at least 4 members (excludes halogenated alkanes) is 3. The van der Waals surface area contributed by atoms with Crippen molar-refractivity contribution in [2.45, 2.75) is 106 Å². The van der Waals surface area contributed by atoms with Gasteiger partial charge < -0.3 is 0 Å². The number of hydrogen-bond acceptors (Lipinski definition) is 3. The number of ether oxygens (including phenoxy) is 1. The summed E-state index contributed by atoms with van der Waals surface area (Å²) in [5.74, 6) is -0.309. The van der Waals surface area contributed by atoms with Crippen molar-refractivity contribution in [1.29, 1.82) is 0 Å². The van der Waals surface area contributed by atoms with Crippen LogP contribution in [0.1, 0.15) is 87.0 Å². The maximum absolute atomic E-state index is 12.3. The Labute approximate surface area is 166 Å². The van der Waals surface area contributed by atoms with Gasteiger partial charge in [0.25, 0.3) is 0 Å². The second kappa shape index (κ2) is 13.2. The van der Waals surface area contributed by atoms with Gasteiger partial charge in [0.1, 0.15) is 0 Å². The van der Waals surface area contributed by atoms with E-state index < -0.39 is 29.9 Å². The second-order valence-corrected chi connectivity index (χ2v) is 21.3. The fourth-order valence-corrected chi connectivity index (χ4v) is 19.4. The summed E-state index contributed by atoms with van der Waals surface area (Å²) in [5, 5.41) is 10.9. The van der Waals surface area contributed by atoms with E-state index in [9.17, 15) is 9.90 Å². The Bertz CT molecular complexity index is 407. The molecule has 26 heavy (non-hydrogen) atoms. The number of esters is 1. The Hall–Kier alpha value is -0.0313. The van der Waals surface area contributed by atoms with Gasteiger partial charge >= 0.3 is 167 Å². The molecule has 0 fully saturated rings. The van der Waals surface area contributed by atoms with Gasteiger partial charge in [-0.25, -0.2) is 0 Å². The number of aliphatic hydroxyl groups is 1. The molecule has 0 radical (unpaired) electrons. The molecule has 0 rings (SSSR count). The molecule has 1 unspecified atom stereocenters. The summed E-state index contributed by atoms with van der Waals surface area (Å²) in [6.07, 6.45) is 6.84. The Morgan fingerprint density at radius 2 is 1.42 bits per heavy atom. The molecule has 1 N–H and O–H groups in total. The molecule has 0 aliphatic heterocycles. The zero-order valence-corrected chi connectivity index (χ0v) is 21.3. The minimum atomic E-state index is -2.47. The second-order valence-electron chi connectivity index (χ2n) is 8.41. The summed E-state index contributed by atoms with van der Waals surface area (Å²) in [5.41, 5.74) is 0.108. The van der Waals surface area contributed by atoms with Crippen LogP contribution in [-0.2, 0) is 9.53 Å². The first-order chi connectivity index (χ1) is 12.2. The van der Waals surface area contributed by atoms with E-state index in [1.165, 1.54) is 51.8 Å². The van der Waals surface area contributed by atoms with Gasteiger partial charge in [-0.2, -0.15) is 0 Å². The van der Waals surface area contributed by atoms with Gasteiger partial charge in [0.05, 0.1) is 0 Å². The topological polar surface area (TPSA) is 46.5 Å². The molecule has 3 nitrogen and oxygen atoms in total. The van der Waals surface area contributed by atoms with Gasteiger partial charge in [0.2, 0.25) is 0 Å². The van der Waals surface area contributed by atoms with Crippen molar-refractivity contribution in [2.24, 2.45) is 5.41 Å². The number of carbonyl (C=O) groups excluding carboxylic acids is 1. The molecule has 0 heterocycles. The van der Waals surface area contributed by atoms with Crippen LogP contribution >= 0.6 is 0 Å². The molecule has 0 aliphatic carbocycles. The fourth-order valence-electron chi connectivity index (χ4n) is 3.74. The summed E-state index contributed by atoms with van der Waals surface area (Å²) < 4.78 is 11.8. The summed E-state index contributed by atoms with van der Waals surface area (Å²) in [6.45, 7) is 14.6. The predicted octanol–water partition coefficient (Wildman–Crippen LogP) is 6.27. The third kappa shape index (κ3) is 8.33. The van der Waals surface area contributed by atoms with Gasteiger partial charge in [0.15, 0.2) is 0 Å². The average Bonchev–Trinajstić information content (AvgIpc) is 2.62. The van der Waals surface area contributed by atoms with E-state index in [1.807, 2.05) is 13.8 Å². The normalized spacial score (nSPS) is 14.4. The molecule has 0 spiro atoms. The zero-order valence-electron chi connectivity index (χ0n) is 18.5. The van der Waals surface area contributed by atoms with Gasteiger partial charge in [-0.05, 0) is 0 Å². The molecular weight excluding hydrogens is 431 g/mol. The van der Waals surface area contributed by atoms with Crippen LogP contribution in [-0.4, -0.2) is 42.2 Å². The van der Waals surface area contributed by atoms with Crippen LogP contribution in [0.25, 0.3) is 0 Å². The van der Waals surface area contributed by atoms with Gasteiger partial charge in [-0.15, -0.1) is 0 Å². The Balaban J connectivity index is 5.64. The average molecular weight is 475 g/mol. The fraction of sp³-hybridized carbons (Fsp3) is 0.864. The van der Waals surface area contributed by atoms with E-state index in [1.54, 1.807) is 13.8 Å². The summed E-state index contributed by atoms with van der Waals surface area (Å²) in [4.78, 5) is 12.3. The van der Waals surface area contributed by atoms with Crippen LogP contribution in [0.4, 0.5) is 0 Å². The number of aliphatic hydroxyl groups excluding tert-OH is 1. The summed E-state index contributed by atoms with van der Waals surface area (Å²) >= 11 is -2.47.